The molecule has 1 heterocycles. The van der Waals surface area contributed by atoms with E-state index in [1.54, 1.807) is 19.2 Å². The molecule has 1 aliphatic rings. The first kappa shape index (κ1) is 20.6. The number of methoxy groups -OCH3 is 2. The molecule has 0 saturated carbocycles. The zero-order valence-corrected chi connectivity index (χ0v) is 16.1. The van der Waals surface area contributed by atoms with Crippen LogP contribution in [0.4, 0.5) is 4.79 Å². The molecular formula is C17H22Cl2N2O5. The maximum Gasteiger partial charge on any atom is 0.407 e. The number of esters is 1. The Morgan fingerprint density at radius 1 is 1.35 bits per heavy atom. The molecule has 1 amide bonds. The smallest absolute Gasteiger partial charge is 0.407 e. The molecule has 0 bridgehead atoms. The Bertz CT molecular complexity index is 671. The fraction of sp³-hybridized carbons (Fsp3) is 0.529. The number of nitrogens with one attached hydrogen (secondary N) is 1. The minimum absolute atomic E-state index is 0.00308. The van der Waals surface area contributed by atoms with E-state index in [9.17, 15) is 14.7 Å². The number of hydrogen-bond acceptors (Lipinski definition) is 5. The molecule has 1 fully saturated rings. The number of carboxylic acid groups (broad SMARTS) is 1. The Hall–Kier alpha value is -1.70. The average Bonchev–Trinajstić information content (AvgIpc) is 2.63. The van der Waals surface area contributed by atoms with Crippen LogP contribution < -0.4 is 10.1 Å². The van der Waals surface area contributed by atoms with Gasteiger partial charge >= 0.3 is 12.1 Å². The molecule has 0 aromatic heterocycles. The lowest BCUT2D eigenvalue weighted by molar-refractivity contribution is -0.139. The molecule has 1 aromatic carbocycles. The topological polar surface area (TPSA) is 88.1 Å². The molecule has 0 aliphatic carbocycles. The van der Waals surface area contributed by atoms with Crippen LogP contribution in [0, 0.1) is 0 Å². The van der Waals surface area contributed by atoms with Gasteiger partial charge in [-0.05, 0) is 30.9 Å². The highest BCUT2D eigenvalue weighted by Crippen LogP contribution is 2.43. The molecule has 144 valence electrons. The first-order chi connectivity index (χ1) is 12.4. The molecule has 2 rings (SSSR count). The van der Waals surface area contributed by atoms with E-state index in [1.807, 2.05) is 0 Å². The Kier molecular flexibility index (Phi) is 7.37. The molecule has 2 atom stereocenters. The van der Waals surface area contributed by atoms with Crippen LogP contribution in [0.25, 0.3) is 0 Å². The van der Waals surface area contributed by atoms with Crippen molar-refractivity contribution in [2.75, 3.05) is 33.9 Å². The van der Waals surface area contributed by atoms with Gasteiger partial charge in [-0.25, -0.2) is 4.79 Å². The van der Waals surface area contributed by atoms with Crippen molar-refractivity contribution in [3.8, 4) is 5.75 Å². The number of nitrogens with zero attached hydrogens (tertiary/aromatic N) is 1. The predicted molar refractivity (Wildman–Crippen MR) is 98.4 cm³/mol. The number of amides is 1. The van der Waals surface area contributed by atoms with E-state index < -0.39 is 12.1 Å². The molecule has 9 heteroatoms. The highest BCUT2D eigenvalue weighted by atomic mass is 35.5. The van der Waals surface area contributed by atoms with Crippen molar-refractivity contribution in [2.45, 2.75) is 24.8 Å². The number of rotatable bonds is 6. The SMILES string of the molecule is COC(=O)CNCC1CC(c2c(OC)ccc(Cl)c2Cl)CCN1C(=O)O. The van der Waals surface area contributed by atoms with E-state index in [0.29, 0.717) is 41.7 Å². The fourth-order valence-corrected chi connectivity index (χ4v) is 3.75. The number of benzene rings is 1. The van der Waals surface area contributed by atoms with Gasteiger partial charge in [0.1, 0.15) is 5.75 Å². The van der Waals surface area contributed by atoms with E-state index in [1.165, 1.54) is 12.0 Å². The maximum absolute atomic E-state index is 11.5. The average molecular weight is 405 g/mol. The van der Waals surface area contributed by atoms with Gasteiger partial charge in [-0.2, -0.15) is 0 Å². The normalized spacial score (nSPS) is 19.9. The minimum Gasteiger partial charge on any atom is -0.496 e. The summed E-state index contributed by atoms with van der Waals surface area (Å²) in [6.07, 6.45) is 0.158. The Balaban J connectivity index is 2.19. The summed E-state index contributed by atoms with van der Waals surface area (Å²) in [6, 6.07) is 3.13. The quantitative estimate of drug-likeness (QED) is 0.708. The van der Waals surface area contributed by atoms with Crippen molar-refractivity contribution in [1.82, 2.24) is 10.2 Å². The molecule has 0 radical (unpaired) electrons. The zero-order valence-electron chi connectivity index (χ0n) is 14.6. The highest BCUT2D eigenvalue weighted by molar-refractivity contribution is 6.42. The summed E-state index contributed by atoms with van der Waals surface area (Å²) in [5, 5.41) is 13.3. The zero-order chi connectivity index (χ0) is 19.3. The molecule has 2 N–H and O–H groups in total. The number of carbonyl (C=O) groups is 2. The van der Waals surface area contributed by atoms with Gasteiger partial charge in [-0.3, -0.25) is 4.79 Å². The van der Waals surface area contributed by atoms with Crippen LogP contribution in [0.5, 0.6) is 5.75 Å². The summed E-state index contributed by atoms with van der Waals surface area (Å²) in [5.74, 6) is 0.227. The van der Waals surface area contributed by atoms with Gasteiger partial charge < -0.3 is 24.8 Å². The van der Waals surface area contributed by atoms with Crippen molar-refractivity contribution in [3.63, 3.8) is 0 Å². The summed E-state index contributed by atoms with van der Waals surface area (Å²) in [7, 11) is 2.86. The predicted octanol–water partition coefficient (Wildman–Crippen LogP) is 2.99. The van der Waals surface area contributed by atoms with Crippen molar-refractivity contribution in [2.24, 2.45) is 0 Å². The van der Waals surface area contributed by atoms with Crippen LogP contribution in [-0.4, -0.2) is 62.0 Å². The molecule has 7 nitrogen and oxygen atoms in total. The lowest BCUT2D eigenvalue weighted by atomic mass is 9.84. The Morgan fingerprint density at radius 2 is 2.08 bits per heavy atom. The number of halogens is 2. The highest BCUT2D eigenvalue weighted by Gasteiger charge is 2.34. The summed E-state index contributed by atoms with van der Waals surface area (Å²) in [6.45, 7) is 0.710. The first-order valence-electron chi connectivity index (χ1n) is 8.18. The molecule has 26 heavy (non-hydrogen) atoms. The van der Waals surface area contributed by atoms with Gasteiger partial charge in [-0.1, -0.05) is 23.2 Å². The lowest BCUT2D eigenvalue weighted by Crippen LogP contribution is -2.50. The number of likely N-dealkylation sites (tertiary alicyclic amines) is 1. The van der Waals surface area contributed by atoms with E-state index >= 15 is 0 Å². The van der Waals surface area contributed by atoms with Gasteiger partial charge in [0, 0.05) is 24.7 Å². The minimum atomic E-state index is -0.988. The van der Waals surface area contributed by atoms with Crippen LogP contribution >= 0.6 is 23.2 Å². The largest absolute Gasteiger partial charge is 0.496 e. The van der Waals surface area contributed by atoms with Crippen molar-refractivity contribution in [1.29, 1.82) is 0 Å². The second-order valence-electron chi connectivity index (χ2n) is 6.04. The molecular weight excluding hydrogens is 383 g/mol. The molecule has 2 unspecified atom stereocenters. The number of ether oxygens (including phenoxy) is 2. The second kappa shape index (κ2) is 9.30. The summed E-state index contributed by atoms with van der Waals surface area (Å²) < 4.78 is 10.0. The third-order valence-corrected chi connectivity index (χ3v) is 5.38. The lowest BCUT2D eigenvalue weighted by Gasteiger charge is -2.38. The maximum atomic E-state index is 11.5. The first-order valence-corrected chi connectivity index (χ1v) is 8.93. The van der Waals surface area contributed by atoms with E-state index in [4.69, 9.17) is 27.9 Å². The molecule has 1 aromatic rings. The van der Waals surface area contributed by atoms with Crippen molar-refractivity contribution < 1.29 is 24.2 Å². The molecule has 0 spiro atoms. The van der Waals surface area contributed by atoms with Crippen LogP contribution in [0.3, 0.4) is 0 Å². The van der Waals surface area contributed by atoms with E-state index in [2.05, 4.69) is 10.1 Å². The molecule has 1 saturated heterocycles. The van der Waals surface area contributed by atoms with Gasteiger partial charge in [0.05, 0.1) is 30.8 Å². The summed E-state index contributed by atoms with van der Waals surface area (Å²) in [5.41, 5.74) is 0.796. The summed E-state index contributed by atoms with van der Waals surface area (Å²) in [4.78, 5) is 24.2. The fourth-order valence-electron chi connectivity index (χ4n) is 3.28. The number of piperidine rings is 1. The van der Waals surface area contributed by atoms with Crippen molar-refractivity contribution in [3.05, 3.63) is 27.7 Å². The van der Waals surface area contributed by atoms with Crippen LogP contribution in [0.2, 0.25) is 10.0 Å². The number of hydrogen-bond donors (Lipinski definition) is 2. The third-order valence-electron chi connectivity index (χ3n) is 4.56. The van der Waals surface area contributed by atoms with E-state index in [-0.39, 0.29) is 18.5 Å². The van der Waals surface area contributed by atoms with Crippen LogP contribution in [0.1, 0.15) is 24.3 Å². The molecule has 1 aliphatic heterocycles. The van der Waals surface area contributed by atoms with E-state index in [0.717, 1.165) is 5.56 Å². The summed E-state index contributed by atoms with van der Waals surface area (Å²) >= 11 is 12.6. The standard InChI is InChI=1S/C17H22Cl2N2O5/c1-25-13-4-3-12(18)16(19)15(13)10-5-6-21(17(23)24)11(7-10)8-20-9-14(22)26-2/h3-4,10-11,20H,5-9H2,1-2H3,(H,23,24). The van der Waals surface area contributed by atoms with Gasteiger partial charge in [0.25, 0.3) is 0 Å². The Morgan fingerprint density at radius 3 is 2.69 bits per heavy atom. The van der Waals surface area contributed by atoms with Crippen molar-refractivity contribution >= 4 is 35.3 Å². The van der Waals surface area contributed by atoms with Crippen LogP contribution in [-0.2, 0) is 9.53 Å². The van der Waals surface area contributed by atoms with Gasteiger partial charge in [0.2, 0.25) is 0 Å². The van der Waals surface area contributed by atoms with Gasteiger partial charge in [0.15, 0.2) is 0 Å². The Labute approximate surface area is 162 Å². The monoisotopic (exact) mass is 404 g/mol. The number of carbonyl (C=O) groups excluding carboxylic acids is 1. The van der Waals surface area contributed by atoms with Crippen LogP contribution in [0.15, 0.2) is 12.1 Å². The second-order valence-corrected chi connectivity index (χ2v) is 6.82. The third kappa shape index (κ3) is 4.72. The van der Waals surface area contributed by atoms with Gasteiger partial charge in [-0.15, -0.1) is 0 Å².